The smallest absolute Gasteiger partial charge is 0.153 e. The van der Waals surface area contributed by atoms with Gasteiger partial charge in [-0.05, 0) is 31.1 Å². The monoisotopic (exact) mass is 259 g/mol. The predicted octanol–water partition coefficient (Wildman–Crippen LogP) is 3.83. The molecule has 0 aliphatic heterocycles. The molecule has 1 aromatic heterocycles. The van der Waals surface area contributed by atoms with Crippen LogP contribution in [0.25, 0.3) is 0 Å². The molecule has 0 spiro atoms. The molecule has 3 nitrogen and oxygen atoms in total. The molecule has 1 rings (SSSR count). The lowest BCUT2D eigenvalue weighted by Gasteiger charge is -2.13. The first kappa shape index (κ1) is 13.6. The average molecular weight is 259 g/mol. The Morgan fingerprint density at radius 2 is 2.25 bits per heavy atom. The minimum absolute atomic E-state index is 0.497. The lowest BCUT2D eigenvalue weighted by atomic mass is 10.1. The fourth-order valence-electron chi connectivity index (χ4n) is 1.58. The van der Waals surface area contributed by atoms with Gasteiger partial charge in [0.15, 0.2) is 5.82 Å². The van der Waals surface area contributed by atoms with E-state index in [2.05, 4.69) is 23.5 Å². The molecule has 0 saturated heterocycles. The third kappa shape index (κ3) is 3.87. The molecule has 0 radical (unpaired) electrons. The Morgan fingerprint density at radius 3 is 2.88 bits per heavy atom. The summed E-state index contributed by atoms with van der Waals surface area (Å²) in [6, 6.07) is 0.497. The van der Waals surface area contributed by atoms with E-state index < -0.39 is 0 Å². The Balaban J connectivity index is 2.45. The summed E-state index contributed by atoms with van der Waals surface area (Å²) in [5.41, 5.74) is 5.79. The molecule has 3 N–H and O–H groups in total. The van der Waals surface area contributed by atoms with Crippen molar-refractivity contribution < 1.29 is 0 Å². The van der Waals surface area contributed by atoms with Crippen molar-refractivity contribution in [3.05, 3.63) is 0 Å². The van der Waals surface area contributed by atoms with Gasteiger partial charge in [0.25, 0.3) is 0 Å². The van der Waals surface area contributed by atoms with Crippen LogP contribution in [-0.4, -0.2) is 16.7 Å². The number of rotatable bonds is 7. The number of nitrogens with one attached hydrogen (secondary N) is 1. The Morgan fingerprint density at radius 1 is 1.50 bits per heavy atom. The molecule has 0 bridgehead atoms. The number of aromatic nitrogens is 1. The van der Waals surface area contributed by atoms with Crippen molar-refractivity contribution in [1.82, 2.24) is 4.37 Å². The van der Waals surface area contributed by atoms with E-state index in [1.54, 1.807) is 11.8 Å². The van der Waals surface area contributed by atoms with Crippen LogP contribution in [0.1, 0.15) is 39.5 Å². The van der Waals surface area contributed by atoms with Gasteiger partial charge in [-0.25, -0.2) is 0 Å². The lowest BCUT2D eigenvalue weighted by molar-refractivity contribution is 0.615. The van der Waals surface area contributed by atoms with Crippen LogP contribution in [0.5, 0.6) is 0 Å². The number of nitrogens with two attached hydrogens (primary N) is 1. The molecule has 0 saturated carbocycles. The first-order valence-corrected chi connectivity index (χ1v) is 7.74. The summed E-state index contributed by atoms with van der Waals surface area (Å²) < 4.78 is 4.17. The molecule has 0 fully saturated rings. The summed E-state index contributed by atoms with van der Waals surface area (Å²) in [4.78, 5) is 1.09. The highest BCUT2D eigenvalue weighted by atomic mass is 32.2. The standard InChI is InChI=1S/C11H21N3S2/c1-4-5-6-7-8(2)13-11-9(15-3)10(12)14-16-11/h8,13H,4-7H2,1-3H3,(H2,12,14). The highest BCUT2D eigenvalue weighted by molar-refractivity contribution is 7.99. The van der Waals surface area contributed by atoms with E-state index >= 15 is 0 Å². The number of thioether (sulfide) groups is 1. The molecule has 5 heteroatoms. The predicted molar refractivity (Wildman–Crippen MR) is 75.5 cm³/mol. The zero-order valence-electron chi connectivity index (χ0n) is 10.2. The molecule has 0 aliphatic carbocycles. The van der Waals surface area contributed by atoms with Crippen LogP contribution < -0.4 is 11.1 Å². The maximum absolute atomic E-state index is 5.79. The first-order valence-electron chi connectivity index (χ1n) is 5.74. The van der Waals surface area contributed by atoms with Gasteiger partial charge in [-0.2, -0.15) is 4.37 Å². The van der Waals surface area contributed by atoms with Gasteiger partial charge in [0.2, 0.25) is 0 Å². The molecule has 1 aromatic rings. The molecule has 1 unspecified atom stereocenters. The third-order valence-electron chi connectivity index (χ3n) is 2.50. The van der Waals surface area contributed by atoms with Crippen LogP contribution in [0.4, 0.5) is 10.8 Å². The molecular weight excluding hydrogens is 238 g/mol. The van der Waals surface area contributed by atoms with Gasteiger partial charge in [0, 0.05) is 6.04 Å². The van der Waals surface area contributed by atoms with Crippen LogP contribution in [-0.2, 0) is 0 Å². The second kappa shape index (κ2) is 7.01. The molecule has 16 heavy (non-hydrogen) atoms. The SMILES string of the molecule is CCCCCC(C)Nc1snc(N)c1SC. The van der Waals surface area contributed by atoms with Crippen molar-refractivity contribution >= 4 is 34.1 Å². The van der Waals surface area contributed by atoms with Gasteiger partial charge in [-0.3, -0.25) is 0 Å². The average Bonchev–Trinajstić information content (AvgIpc) is 2.59. The Hall–Kier alpha value is -0.420. The van der Waals surface area contributed by atoms with Gasteiger partial charge >= 0.3 is 0 Å². The number of anilines is 2. The minimum Gasteiger partial charge on any atom is -0.382 e. The van der Waals surface area contributed by atoms with Crippen molar-refractivity contribution in [2.45, 2.75) is 50.5 Å². The molecule has 92 valence electrons. The van der Waals surface area contributed by atoms with Crippen LogP contribution in [0, 0.1) is 0 Å². The third-order valence-corrected chi connectivity index (χ3v) is 4.24. The van der Waals surface area contributed by atoms with Gasteiger partial charge in [-0.15, -0.1) is 11.8 Å². The van der Waals surface area contributed by atoms with E-state index in [4.69, 9.17) is 5.73 Å². The van der Waals surface area contributed by atoms with Crippen molar-refractivity contribution in [2.75, 3.05) is 17.3 Å². The van der Waals surface area contributed by atoms with Gasteiger partial charge in [0.05, 0.1) is 4.90 Å². The Bertz CT molecular complexity index is 312. The molecule has 1 heterocycles. The van der Waals surface area contributed by atoms with Gasteiger partial charge < -0.3 is 11.1 Å². The fourth-order valence-corrected chi connectivity index (χ4v) is 3.22. The molecule has 0 aromatic carbocycles. The van der Waals surface area contributed by atoms with Crippen molar-refractivity contribution in [3.63, 3.8) is 0 Å². The second-order valence-corrected chi connectivity index (χ2v) is 5.56. The summed E-state index contributed by atoms with van der Waals surface area (Å²) >= 11 is 3.12. The highest BCUT2D eigenvalue weighted by Gasteiger charge is 2.12. The first-order chi connectivity index (χ1) is 7.69. The Kier molecular flexibility index (Phi) is 5.98. The maximum Gasteiger partial charge on any atom is 0.153 e. The summed E-state index contributed by atoms with van der Waals surface area (Å²) in [6.07, 6.45) is 7.11. The lowest BCUT2D eigenvalue weighted by Crippen LogP contribution is -2.14. The zero-order chi connectivity index (χ0) is 12.0. The van der Waals surface area contributed by atoms with E-state index in [0.717, 1.165) is 9.90 Å². The number of nitrogens with zero attached hydrogens (tertiary/aromatic N) is 1. The van der Waals surface area contributed by atoms with Crippen LogP contribution in [0.3, 0.4) is 0 Å². The number of hydrogen-bond acceptors (Lipinski definition) is 5. The topological polar surface area (TPSA) is 50.9 Å². The normalized spacial score (nSPS) is 12.7. The molecule has 1 atom stereocenters. The maximum atomic E-state index is 5.79. The largest absolute Gasteiger partial charge is 0.382 e. The van der Waals surface area contributed by atoms with E-state index in [0.29, 0.717) is 11.9 Å². The minimum atomic E-state index is 0.497. The summed E-state index contributed by atoms with van der Waals surface area (Å²) in [5, 5.41) is 4.62. The molecule has 0 amide bonds. The second-order valence-electron chi connectivity index (χ2n) is 3.97. The molecule has 0 aliphatic rings. The summed E-state index contributed by atoms with van der Waals surface area (Å²) in [6.45, 7) is 4.45. The van der Waals surface area contributed by atoms with Crippen LogP contribution >= 0.6 is 23.3 Å². The van der Waals surface area contributed by atoms with Crippen LogP contribution in [0.15, 0.2) is 4.90 Å². The number of unbranched alkanes of at least 4 members (excludes halogenated alkanes) is 2. The highest BCUT2D eigenvalue weighted by Crippen LogP contribution is 2.35. The molecular formula is C11H21N3S2. The number of hydrogen-bond donors (Lipinski definition) is 2. The number of nitrogen functional groups attached to an aromatic ring is 1. The quantitative estimate of drug-likeness (QED) is 0.577. The van der Waals surface area contributed by atoms with Crippen molar-refractivity contribution in [1.29, 1.82) is 0 Å². The fraction of sp³-hybridized carbons (Fsp3) is 0.727. The van der Waals surface area contributed by atoms with E-state index in [9.17, 15) is 0 Å². The van der Waals surface area contributed by atoms with Crippen molar-refractivity contribution in [3.8, 4) is 0 Å². The zero-order valence-corrected chi connectivity index (χ0v) is 11.9. The van der Waals surface area contributed by atoms with E-state index in [-0.39, 0.29) is 0 Å². The van der Waals surface area contributed by atoms with Crippen molar-refractivity contribution in [2.24, 2.45) is 0 Å². The summed E-state index contributed by atoms with van der Waals surface area (Å²) in [5.74, 6) is 0.653. The van der Waals surface area contributed by atoms with E-state index in [1.807, 2.05) is 6.26 Å². The van der Waals surface area contributed by atoms with E-state index in [1.165, 1.54) is 37.2 Å². The Labute approximate surface area is 106 Å². The van der Waals surface area contributed by atoms with Gasteiger partial charge in [0.1, 0.15) is 5.00 Å². The summed E-state index contributed by atoms with van der Waals surface area (Å²) in [7, 11) is 0. The van der Waals surface area contributed by atoms with Gasteiger partial charge in [-0.1, -0.05) is 26.2 Å². The van der Waals surface area contributed by atoms with Crippen LogP contribution in [0.2, 0.25) is 0 Å².